The molecular weight excluding hydrogens is 299 g/mol. The van der Waals surface area contributed by atoms with E-state index in [-0.39, 0.29) is 23.7 Å². The van der Waals surface area contributed by atoms with Crippen LogP contribution in [0.15, 0.2) is 18.2 Å². The van der Waals surface area contributed by atoms with Crippen LogP contribution in [0.25, 0.3) is 0 Å². The quantitative estimate of drug-likeness (QED) is 0.899. The van der Waals surface area contributed by atoms with E-state index in [4.69, 9.17) is 0 Å². The predicted molar refractivity (Wildman–Crippen MR) is 82.3 cm³/mol. The summed E-state index contributed by atoms with van der Waals surface area (Å²) in [5, 5.41) is 9.19. The minimum atomic E-state index is -0.708. The Morgan fingerprint density at radius 1 is 1.35 bits per heavy atom. The number of hydrogen-bond acceptors (Lipinski definition) is 3. The molecule has 0 radical (unpaired) electrons. The van der Waals surface area contributed by atoms with E-state index in [1.807, 2.05) is 7.05 Å². The van der Waals surface area contributed by atoms with Gasteiger partial charge in [0, 0.05) is 38.5 Å². The van der Waals surface area contributed by atoms with E-state index < -0.39 is 11.6 Å². The monoisotopic (exact) mass is 320 g/mol. The molecule has 1 aromatic carbocycles. The molecule has 1 aromatic rings. The first kappa shape index (κ1) is 15.8. The molecule has 23 heavy (non-hydrogen) atoms. The van der Waals surface area contributed by atoms with Gasteiger partial charge in [-0.2, -0.15) is 0 Å². The SMILES string of the molecule is CN1CC2(CCN(C(=O)Cc3ccc(O)c(F)c3)CC2)CC1=O. The highest BCUT2D eigenvalue weighted by molar-refractivity contribution is 5.80. The lowest BCUT2D eigenvalue weighted by atomic mass is 9.77. The van der Waals surface area contributed by atoms with Gasteiger partial charge in [0.25, 0.3) is 0 Å². The third-order valence-corrected chi connectivity index (χ3v) is 5.07. The Morgan fingerprint density at radius 3 is 2.61 bits per heavy atom. The molecule has 0 saturated carbocycles. The lowest BCUT2D eigenvalue weighted by molar-refractivity contribution is -0.132. The van der Waals surface area contributed by atoms with Crippen LogP contribution in [0.2, 0.25) is 0 Å². The molecule has 2 heterocycles. The van der Waals surface area contributed by atoms with E-state index in [2.05, 4.69) is 0 Å². The number of nitrogens with zero attached hydrogens (tertiary/aromatic N) is 2. The number of rotatable bonds is 2. The number of likely N-dealkylation sites (tertiary alicyclic amines) is 2. The second-order valence-electron chi connectivity index (χ2n) is 6.77. The average molecular weight is 320 g/mol. The maximum atomic E-state index is 13.3. The van der Waals surface area contributed by atoms with Gasteiger partial charge in [-0.3, -0.25) is 9.59 Å². The normalized spacial score (nSPS) is 20.3. The molecule has 0 atom stereocenters. The first-order chi connectivity index (χ1) is 10.9. The average Bonchev–Trinajstić information content (AvgIpc) is 2.78. The van der Waals surface area contributed by atoms with Gasteiger partial charge in [0.2, 0.25) is 11.8 Å². The van der Waals surface area contributed by atoms with Crippen LogP contribution in [0.1, 0.15) is 24.8 Å². The zero-order valence-electron chi connectivity index (χ0n) is 13.2. The van der Waals surface area contributed by atoms with E-state index in [9.17, 15) is 19.1 Å². The van der Waals surface area contributed by atoms with Crippen molar-refractivity contribution in [2.75, 3.05) is 26.7 Å². The van der Waals surface area contributed by atoms with Crippen LogP contribution < -0.4 is 0 Å². The van der Waals surface area contributed by atoms with Crippen LogP contribution >= 0.6 is 0 Å². The number of piperidine rings is 1. The summed E-state index contributed by atoms with van der Waals surface area (Å²) in [7, 11) is 1.83. The Labute approximate surface area is 134 Å². The molecule has 3 rings (SSSR count). The molecule has 0 bridgehead atoms. The molecule has 5 nitrogen and oxygen atoms in total. The fourth-order valence-electron chi connectivity index (χ4n) is 3.62. The zero-order valence-corrected chi connectivity index (χ0v) is 13.2. The van der Waals surface area contributed by atoms with Crippen LogP contribution in [0.4, 0.5) is 4.39 Å². The number of carbonyl (C=O) groups excluding carboxylic acids is 2. The summed E-state index contributed by atoms with van der Waals surface area (Å²) in [5.74, 6) is -0.969. The summed E-state index contributed by atoms with van der Waals surface area (Å²) in [4.78, 5) is 27.7. The molecule has 1 spiro atoms. The summed E-state index contributed by atoms with van der Waals surface area (Å²) in [6, 6.07) is 4.03. The lowest BCUT2D eigenvalue weighted by Gasteiger charge is -2.38. The molecule has 0 aromatic heterocycles. The standard InChI is InChI=1S/C17H21FN2O3/c1-19-11-17(10-16(19)23)4-6-20(7-5-17)15(22)9-12-2-3-14(21)13(18)8-12/h2-3,8,21H,4-7,9-11H2,1H3. The Kier molecular flexibility index (Phi) is 4.00. The Balaban J connectivity index is 1.58. The third-order valence-electron chi connectivity index (χ3n) is 5.07. The molecule has 6 heteroatoms. The van der Waals surface area contributed by atoms with Gasteiger partial charge in [-0.05, 0) is 30.5 Å². The smallest absolute Gasteiger partial charge is 0.226 e. The lowest BCUT2D eigenvalue weighted by Crippen LogP contribution is -2.44. The van der Waals surface area contributed by atoms with E-state index in [0.29, 0.717) is 25.1 Å². The van der Waals surface area contributed by atoms with Gasteiger partial charge in [-0.25, -0.2) is 4.39 Å². The summed E-state index contributed by atoms with van der Waals surface area (Å²) in [6.07, 6.45) is 2.37. The first-order valence-corrected chi connectivity index (χ1v) is 7.88. The minimum absolute atomic E-state index is 0.0211. The summed E-state index contributed by atoms with van der Waals surface area (Å²) in [6.45, 7) is 2.05. The summed E-state index contributed by atoms with van der Waals surface area (Å²) in [5.41, 5.74) is 0.578. The van der Waals surface area contributed by atoms with Crippen molar-refractivity contribution in [3.8, 4) is 5.75 Å². The summed E-state index contributed by atoms with van der Waals surface area (Å²) < 4.78 is 13.3. The van der Waals surface area contributed by atoms with Crippen LogP contribution in [-0.2, 0) is 16.0 Å². The third kappa shape index (κ3) is 3.16. The number of halogens is 1. The van der Waals surface area contributed by atoms with Gasteiger partial charge in [0.05, 0.1) is 6.42 Å². The molecule has 0 unspecified atom stereocenters. The number of amides is 2. The topological polar surface area (TPSA) is 60.9 Å². The number of carbonyl (C=O) groups is 2. The minimum Gasteiger partial charge on any atom is -0.505 e. The molecule has 2 amide bonds. The maximum Gasteiger partial charge on any atom is 0.226 e. The second-order valence-corrected chi connectivity index (χ2v) is 6.77. The van der Waals surface area contributed by atoms with Crippen LogP contribution in [0, 0.1) is 11.2 Å². The molecular formula is C17H21FN2O3. The highest BCUT2D eigenvalue weighted by Gasteiger charge is 2.44. The van der Waals surface area contributed by atoms with Crippen molar-refractivity contribution in [3.63, 3.8) is 0 Å². The molecule has 0 aliphatic carbocycles. The molecule has 2 saturated heterocycles. The highest BCUT2D eigenvalue weighted by Crippen LogP contribution is 2.40. The number of phenols is 1. The number of aromatic hydroxyl groups is 1. The van der Waals surface area contributed by atoms with Gasteiger partial charge >= 0.3 is 0 Å². The van der Waals surface area contributed by atoms with Crippen molar-refractivity contribution in [3.05, 3.63) is 29.6 Å². The van der Waals surface area contributed by atoms with Crippen LogP contribution in [0.3, 0.4) is 0 Å². The van der Waals surface area contributed by atoms with E-state index in [1.165, 1.54) is 12.1 Å². The number of phenolic OH excluding ortho intramolecular Hbond substituents is 1. The number of hydrogen-bond donors (Lipinski definition) is 1. The van der Waals surface area contributed by atoms with Crippen LogP contribution in [-0.4, -0.2) is 53.4 Å². The van der Waals surface area contributed by atoms with Crippen molar-refractivity contribution in [1.82, 2.24) is 9.80 Å². The van der Waals surface area contributed by atoms with Crippen molar-refractivity contribution in [1.29, 1.82) is 0 Å². The molecule has 2 fully saturated rings. The summed E-state index contributed by atoms with van der Waals surface area (Å²) >= 11 is 0. The highest BCUT2D eigenvalue weighted by atomic mass is 19.1. The van der Waals surface area contributed by atoms with Crippen molar-refractivity contribution in [2.45, 2.75) is 25.7 Å². The molecule has 124 valence electrons. The van der Waals surface area contributed by atoms with Gasteiger partial charge in [-0.1, -0.05) is 6.07 Å². The maximum absolute atomic E-state index is 13.3. The van der Waals surface area contributed by atoms with Gasteiger partial charge in [0.1, 0.15) is 0 Å². The van der Waals surface area contributed by atoms with E-state index >= 15 is 0 Å². The van der Waals surface area contributed by atoms with E-state index in [0.717, 1.165) is 19.4 Å². The zero-order chi connectivity index (χ0) is 16.6. The van der Waals surface area contributed by atoms with E-state index in [1.54, 1.807) is 15.9 Å². The largest absolute Gasteiger partial charge is 0.505 e. The number of benzene rings is 1. The van der Waals surface area contributed by atoms with Gasteiger partial charge in [-0.15, -0.1) is 0 Å². The Hall–Kier alpha value is -2.11. The second kappa shape index (κ2) is 5.83. The van der Waals surface area contributed by atoms with Gasteiger partial charge < -0.3 is 14.9 Å². The Bertz CT molecular complexity index is 639. The first-order valence-electron chi connectivity index (χ1n) is 7.88. The van der Waals surface area contributed by atoms with Gasteiger partial charge in [0.15, 0.2) is 11.6 Å². The molecule has 1 N–H and O–H groups in total. The van der Waals surface area contributed by atoms with Crippen molar-refractivity contribution in [2.24, 2.45) is 5.41 Å². The molecule has 2 aliphatic heterocycles. The van der Waals surface area contributed by atoms with Crippen LogP contribution in [0.5, 0.6) is 5.75 Å². The Morgan fingerprint density at radius 2 is 2.04 bits per heavy atom. The molecule has 2 aliphatic rings. The fourth-order valence-corrected chi connectivity index (χ4v) is 3.62. The van der Waals surface area contributed by atoms with Crippen molar-refractivity contribution < 1.29 is 19.1 Å². The fraction of sp³-hybridized carbons (Fsp3) is 0.529. The predicted octanol–water partition coefficient (Wildman–Crippen LogP) is 1.54. The van der Waals surface area contributed by atoms with Crippen molar-refractivity contribution >= 4 is 11.8 Å².